The van der Waals surface area contributed by atoms with E-state index in [4.69, 9.17) is 4.74 Å². The van der Waals surface area contributed by atoms with Gasteiger partial charge in [-0.05, 0) is 49.4 Å². The van der Waals surface area contributed by atoms with Crippen molar-refractivity contribution >= 4 is 5.91 Å². The van der Waals surface area contributed by atoms with Gasteiger partial charge in [-0.15, -0.1) is 0 Å². The van der Waals surface area contributed by atoms with E-state index in [-0.39, 0.29) is 5.91 Å². The smallest absolute Gasteiger partial charge is 0.224 e. The number of rotatable bonds is 9. The van der Waals surface area contributed by atoms with Crippen molar-refractivity contribution in [2.24, 2.45) is 0 Å². The van der Waals surface area contributed by atoms with Crippen LogP contribution >= 0.6 is 0 Å². The lowest BCUT2D eigenvalue weighted by atomic mass is 10.1. The highest BCUT2D eigenvalue weighted by atomic mass is 16.5. The average Bonchev–Trinajstić information content (AvgIpc) is 2.57. The van der Waals surface area contributed by atoms with E-state index in [1.165, 1.54) is 5.56 Å². The number of unbranched alkanes of at least 4 members (excludes halogenated alkanes) is 1. The molecular formula is C20H25NO2. The first kappa shape index (κ1) is 17.1. The van der Waals surface area contributed by atoms with Crippen molar-refractivity contribution in [2.45, 2.75) is 32.6 Å². The Balaban J connectivity index is 1.61. The molecule has 0 saturated carbocycles. The monoisotopic (exact) mass is 311 g/mol. The molecule has 1 amide bonds. The Kier molecular flexibility index (Phi) is 7.18. The van der Waals surface area contributed by atoms with Crippen molar-refractivity contribution < 1.29 is 9.53 Å². The molecule has 2 aromatic rings. The largest absolute Gasteiger partial charge is 0.494 e. The number of carbonyl (C=O) groups is 1. The van der Waals surface area contributed by atoms with Gasteiger partial charge in [-0.2, -0.15) is 0 Å². The number of hydrogen-bond donors (Lipinski definition) is 1. The van der Waals surface area contributed by atoms with E-state index in [0.717, 1.165) is 37.1 Å². The maximum absolute atomic E-state index is 11.9. The highest BCUT2D eigenvalue weighted by molar-refractivity contribution is 5.78. The van der Waals surface area contributed by atoms with E-state index >= 15 is 0 Å². The molecule has 0 spiro atoms. The molecule has 0 radical (unpaired) electrons. The predicted octanol–water partition coefficient (Wildman–Crippen LogP) is 3.77. The topological polar surface area (TPSA) is 38.3 Å². The summed E-state index contributed by atoms with van der Waals surface area (Å²) in [7, 11) is 0. The van der Waals surface area contributed by atoms with Gasteiger partial charge in [-0.25, -0.2) is 0 Å². The van der Waals surface area contributed by atoms with Crippen LogP contribution in [0, 0.1) is 0 Å². The Morgan fingerprint density at radius 1 is 0.957 bits per heavy atom. The Hall–Kier alpha value is -2.29. The van der Waals surface area contributed by atoms with Crippen molar-refractivity contribution in [3.8, 4) is 5.75 Å². The van der Waals surface area contributed by atoms with Crippen LogP contribution in [0.1, 0.15) is 30.9 Å². The SMILES string of the molecule is CCOc1ccc(CC(=O)NCCCCc2ccccc2)cc1. The molecule has 2 rings (SSSR count). The number of carbonyl (C=O) groups excluding carboxylic acids is 1. The second-order valence-electron chi connectivity index (χ2n) is 5.55. The third-order valence-electron chi connectivity index (χ3n) is 3.66. The van der Waals surface area contributed by atoms with Gasteiger partial charge < -0.3 is 10.1 Å². The molecule has 0 aliphatic carbocycles. The van der Waals surface area contributed by atoms with E-state index in [9.17, 15) is 4.79 Å². The lowest BCUT2D eigenvalue weighted by Crippen LogP contribution is -2.26. The number of benzene rings is 2. The standard InChI is InChI=1S/C20H25NO2/c1-2-23-19-13-11-18(12-14-19)16-20(22)21-15-7-6-10-17-8-4-3-5-9-17/h3-5,8-9,11-14H,2,6-7,10,15-16H2,1H3,(H,21,22). The molecule has 122 valence electrons. The molecule has 0 atom stereocenters. The van der Waals surface area contributed by atoms with Crippen LogP contribution in [-0.4, -0.2) is 19.1 Å². The van der Waals surface area contributed by atoms with Crippen LogP contribution in [0.15, 0.2) is 54.6 Å². The fourth-order valence-electron chi connectivity index (χ4n) is 2.44. The number of hydrogen-bond acceptors (Lipinski definition) is 2. The maximum Gasteiger partial charge on any atom is 0.224 e. The van der Waals surface area contributed by atoms with Crippen molar-refractivity contribution in [3.05, 3.63) is 65.7 Å². The van der Waals surface area contributed by atoms with Crippen molar-refractivity contribution in [2.75, 3.05) is 13.2 Å². The molecular weight excluding hydrogens is 286 g/mol. The number of aryl methyl sites for hydroxylation is 1. The van der Waals surface area contributed by atoms with Crippen molar-refractivity contribution in [3.63, 3.8) is 0 Å². The summed E-state index contributed by atoms with van der Waals surface area (Å²) >= 11 is 0. The van der Waals surface area contributed by atoms with Gasteiger partial charge in [-0.1, -0.05) is 42.5 Å². The van der Waals surface area contributed by atoms with Gasteiger partial charge in [-0.3, -0.25) is 4.79 Å². The fraction of sp³-hybridized carbons (Fsp3) is 0.350. The minimum Gasteiger partial charge on any atom is -0.494 e. The van der Waals surface area contributed by atoms with Crippen LogP contribution in [0.4, 0.5) is 0 Å². The van der Waals surface area contributed by atoms with Crippen LogP contribution in [0.5, 0.6) is 5.75 Å². The zero-order chi connectivity index (χ0) is 16.3. The van der Waals surface area contributed by atoms with Gasteiger partial charge in [0.1, 0.15) is 5.75 Å². The second kappa shape index (κ2) is 9.67. The average molecular weight is 311 g/mol. The third kappa shape index (κ3) is 6.55. The van der Waals surface area contributed by atoms with Gasteiger partial charge >= 0.3 is 0 Å². The van der Waals surface area contributed by atoms with Gasteiger partial charge in [0, 0.05) is 6.54 Å². The predicted molar refractivity (Wildman–Crippen MR) is 93.7 cm³/mol. The lowest BCUT2D eigenvalue weighted by Gasteiger charge is -2.07. The molecule has 2 aromatic carbocycles. The molecule has 23 heavy (non-hydrogen) atoms. The van der Waals surface area contributed by atoms with E-state index in [1.54, 1.807) is 0 Å². The summed E-state index contributed by atoms with van der Waals surface area (Å²) in [6.07, 6.45) is 3.58. The van der Waals surface area contributed by atoms with Crippen molar-refractivity contribution in [1.29, 1.82) is 0 Å². The van der Waals surface area contributed by atoms with Gasteiger partial charge in [0.15, 0.2) is 0 Å². The van der Waals surface area contributed by atoms with Gasteiger partial charge in [0.2, 0.25) is 5.91 Å². The Morgan fingerprint density at radius 3 is 2.39 bits per heavy atom. The molecule has 0 heterocycles. The molecule has 1 N–H and O–H groups in total. The van der Waals surface area contributed by atoms with E-state index in [1.807, 2.05) is 37.3 Å². The number of ether oxygens (including phenoxy) is 1. The Labute approximate surface area is 138 Å². The van der Waals surface area contributed by atoms with Crippen LogP contribution in [0.2, 0.25) is 0 Å². The normalized spacial score (nSPS) is 10.3. The lowest BCUT2D eigenvalue weighted by molar-refractivity contribution is -0.120. The molecule has 0 saturated heterocycles. The van der Waals surface area contributed by atoms with Crippen LogP contribution in [0.25, 0.3) is 0 Å². The zero-order valence-corrected chi connectivity index (χ0v) is 13.8. The van der Waals surface area contributed by atoms with Gasteiger partial charge in [0.05, 0.1) is 13.0 Å². The second-order valence-corrected chi connectivity index (χ2v) is 5.55. The first-order valence-electron chi connectivity index (χ1n) is 8.30. The number of nitrogens with one attached hydrogen (secondary N) is 1. The molecule has 0 bridgehead atoms. The quantitative estimate of drug-likeness (QED) is 0.716. The zero-order valence-electron chi connectivity index (χ0n) is 13.8. The first-order chi connectivity index (χ1) is 11.3. The summed E-state index contributed by atoms with van der Waals surface area (Å²) in [5, 5.41) is 2.99. The third-order valence-corrected chi connectivity index (χ3v) is 3.66. The molecule has 0 aromatic heterocycles. The van der Waals surface area contributed by atoms with E-state index < -0.39 is 0 Å². The Bertz CT molecular complexity index is 578. The molecule has 3 heteroatoms. The van der Waals surface area contributed by atoms with E-state index in [0.29, 0.717) is 13.0 Å². The Morgan fingerprint density at radius 2 is 1.70 bits per heavy atom. The van der Waals surface area contributed by atoms with Gasteiger partial charge in [0.25, 0.3) is 0 Å². The minimum absolute atomic E-state index is 0.0777. The molecule has 0 aliphatic rings. The van der Waals surface area contributed by atoms with E-state index in [2.05, 4.69) is 29.6 Å². The highest BCUT2D eigenvalue weighted by Gasteiger charge is 2.03. The van der Waals surface area contributed by atoms with Crippen LogP contribution in [-0.2, 0) is 17.6 Å². The molecule has 0 aliphatic heterocycles. The fourth-order valence-corrected chi connectivity index (χ4v) is 2.44. The summed E-state index contributed by atoms with van der Waals surface area (Å²) in [6.45, 7) is 3.35. The molecule has 3 nitrogen and oxygen atoms in total. The van der Waals surface area contributed by atoms with Crippen LogP contribution < -0.4 is 10.1 Å². The first-order valence-corrected chi connectivity index (χ1v) is 8.30. The maximum atomic E-state index is 11.9. The summed E-state index contributed by atoms with van der Waals surface area (Å²) < 4.78 is 5.39. The number of amides is 1. The summed E-state index contributed by atoms with van der Waals surface area (Å²) in [5.74, 6) is 0.923. The summed E-state index contributed by atoms with van der Waals surface area (Å²) in [6, 6.07) is 18.2. The summed E-state index contributed by atoms with van der Waals surface area (Å²) in [4.78, 5) is 11.9. The molecule has 0 unspecified atom stereocenters. The van der Waals surface area contributed by atoms with Crippen molar-refractivity contribution in [1.82, 2.24) is 5.32 Å². The highest BCUT2D eigenvalue weighted by Crippen LogP contribution is 2.12. The summed E-state index contributed by atoms with van der Waals surface area (Å²) in [5.41, 5.74) is 2.36. The van der Waals surface area contributed by atoms with Crippen LogP contribution in [0.3, 0.4) is 0 Å². The molecule has 0 fully saturated rings. The minimum atomic E-state index is 0.0777.